The first-order valence-corrected chi connectivity index (χ1v) is 6.91. The molecule has 0 atom stereocenters. The van der Waals surface area contributed by atoms with Gasteiger partial charge in [0.15, 0.2) is 0 Å². The smallest absolute Gasteiger partial charge is 0.337 e. The van der Waals surface area contributed by atoms with E-state index in [-0.39, 0.29) is 5.82 Å². The van der Waals surface area contributed by atoms with Crippen molar-refractivity contribution in [1.82, 2.24) is 4.98 Å². The molecular formula is C17H11ClFNO2. The van der Waals surface area contributed by atoms with Gasteiger partial charge in [-0.1, -0.05) is 17.7 Å². The highest BCUT2D eigenvalue weighted by Gasteiger charge is 2.10. The van der Waals surface area contributed by atoms with Gasteiger partial charge in [0.25, 0.3) is 0 Å². The molecular weight excluding hydrogens is 305 g/mol. The van der Waals surface area contributed by atoms with Crippen LogP contribution in [-0.4, -0.2) is 18.1 Å². The fourth-order valence-electron chi connectivity index (χ4n) is 2.20. The summed E-state index contributed by atoms with van der Waals surface area (Å²) < 4.78 is 17.7. The fraction of sp³-hybridized carbons (Fsp3) is 0.0588. The average Bonchev–Trinajstić information content (AvgIpc) is 2.54. The molecule has 0 bridgehead atoms. The van der Waals surface area contributed by atoms with Gasteiger partial charge in [-0.05, 0) is 42.5 Å². The number of aromatic nitrogens is 1. The highest BCUT2D eigenvalue weighted by atomic mass is 35.5. The van der Waals surface area contributed by atoms with Crippen molar-refractivity contribution in [2.45, 2.75) is 0 Å². The van der Waals surface area contributed by atoms with Crippen LogP contribution in [0.25, 0.3) is 22.2 Å². The van der Waals surface area contributed by atoms with E-state index in [4.69, 9.17) is 16.3 Å². The van der Waals surface area contributed by atoms with Crippen molar-refractivity contribution < 1.29 is 13.9 Å². The molecule has 22 heavy (non-hydrogen) atoms. The number of rotatable bonds is 2. The summed E-state index contributed by atoms with van der Waals surface area (Å²) in [6.45, 7) is 0. The Morgan fingerprint density at radius 3 is 2.55 bits per heavy atom. The molecule has 0 saturated heterocycles. The number of ether oxygens (including phenoxy) is 1. The average molecular weight is 316 g/mol. The van der Waals surface area contributed by atoms with Gasteiger partial charge in [-0.25, -0.2) is 14.2 Å². The molecule has 3 aromatic rings. The molecule has 0 unspecified atom stereocenters. The van der Waals surface area contributed by atoms with Crippen molar-refractivity contribution >= 4 is 28.5 Å². The van der Waals surface area contributed by atoms with E-state index >= 15 is 0 Å². The highest BCUT2D eigenvalue weighted by molar-refractivity contribution is 6.35. The normalized spacial score (nSPS) is 10.7. The van der Waals surface area contributed by atoms with E-state index in [0.717, 1.165) is 10.9 Å². The lowest BCUT2D eigenvalue weighted by molar-refractivity contribution is 0.0601. The van der Waals surface area contributed by atoms with E-state index in [9.17, 15) is 9.18 Å². The zero-order valence-corrected chi connectivity index (χ0v) is 12.4. The van der Waals surface area contributed by atoms with E-state index in [2.05, 4.69) is 4.98 Å². The lowest BCUT2D eigenvalue weighted by Gasteiger charge is -2.07. The Balaban J connectivity index is 2.17. The van der Waals surface area contributed by atoms with Gasteiger partial charge in [0, 0.05) is 10.9 Å². The predicted octanol–water partition coefficient (Wildman–Crippen LogP) is 4.48. The highest BCUT2D eigenvalue weighted by Crippen LogP contribution is 2.29. The Hall–Kier alpha value is -2.46. The largest absolute Gasteiger partial charge is 0.465 e. The molecule has 0 spiro atoms. The molecule has 5 heteroatoms. The van der Waals surface area contributed by atoms with Crippen molar-refractivity contribution in [1.29, 1.82) is 0 Å². The van der Waals surface area contributed by atoms with E-state index in [1.165, 1.54) is 19.2 Å². The monoisotopic (exact) mass is 315 g/mol. The summed E-state index contributed by atoms with van der Waals surface area (Å²) in [6, 6.07) is 12.7. The second kappa shape index (κ2) is 5.73. The fourth-order valence-corrected chi connectivity index (χ4v) is 2.46. The molecule has 0 amide bonds. The van der Waals surface area contributed by atoms with E-state index in [0.29, 0.717) is 21.8 Å². The number of pyridine rings is 1. The van der Waals surface area contributed by atoms with Crippen molar-refractivity contribution in [2.24, 2.45) is 0 Å². The van der Waals surface area contributed by atoms with Crippen LogP contribution in [0.3, 0.4) is 0 Å². The van der Waals surface area contributed by atoms with Gasteiger partial charge in [0.05, 0.1) is 28.9 Å². The number of benzene rings is 2. The molecule has 3 rings (SSSR count). The number of hydrogen-bond acceptors (Lipinski definition) is 3. The summed E-state index contributed by atoms with van der Waals surface area (Å²) in [5.41, 5.74) is 2.33. The van der Waals surface area contributed by atoms with Gasteiger partial charge in [-0.3, -0.25) is 0 Å². The van der Waals surface area contributed by atoms with Crippen molar-refractivity contribution in [3.8, 4) is 11.3 Å². The van der Waals surface area contributed by atoms with Crippen LogP contribution in [0.1, 0.15) is 10.4 Å². The third-order valence-electron chi connectivity index (χ3n) is 3.32. The van der Waals surface area contributed by atoms with Crippen LogP contribution in [0, 0.1) is 5.82 Å². The number of carbonyl (C=O) groups excluding carboxylic acids is 1. The Morgan fingerprint density at radius 1 is 1.14 bits per heavy atom. The summed E-state index contributed by atoms with van der Waals surface area (Å²) in [5, 5.41) is 1.25. The standard InChI is InChI=1S/C17H11ClFNO2/c1-22-17(21)11-4-7-13-14(18)9-15(20-16(13)8-11)10-2-5-12(19)6-3-10/h2-9H,1H3. The molecule has 2 aromatic carbocycles. The second-order valence-corrected chi connectivity index (χ2v) is 5.13. The van der Waals surface area contributed by atoms with Crippen LogP contribution in [0.5, 0.6) is 0 Å². The van der Waals surface area contributed by atoms with Crippen LogP contribution in [-0.2, 0) is 4.74 Å². The van der Waals surface area contributed by atoms with Crippen molar-refractivity contribution in [2.75, 3.05) is 7.11 Å². The minimum Gasteiger partial charge on any atom is -0.465 e. The quantitative estimate of drug-likeness (QED) is 0.654. The number of nitrogens with zero attached hydrogens (tertiary/aromatic N) is 1. The molecule has 1 aromatic heterocycles. The first-order chi connectivity index (χ1) is 10.6. The molecule has 110 valence electrons. The SMILES string of the molecule is COC(=O)c1ccc2c(Cl)cc(-c3ccc(F)cc3)nc2c1. The molecule has 0 aliphatic heterocycles. The van der Waals surface area contributed by atoms with Gasteiger partial charge in [0.1, 0.15) is 5.82 Å². The Morgan fingerprint density at radius 2 is 1.86 bits per heavy atom. The maximum Gasteiger partial charge on any atom is 0.337 e. The number of methoxy groups -OCH3 is 1. The van der Waals surface area contributed by atoms with Crippen LogP contribution >= 0.6 is 11.6 Å². The zero-order valence-electron chi connectivity index (χ0n) is 11.6. The molecule has 0 aliphatic carbocycles. The van der Waals surface area contributed by atoms with Crippen molar-refractivity contribution in [3.05, 3.63) is 64.9 Å². The number of esters is 1. The van der Waals surface area contributed by atoms with Crippen LogP contribution in [0.2, 0.25) is 5.02 Å². The molecule has 0 fully saturated rings. The molecule has 1 heterocycles. The maximum absolute atomic E-state index is 13.0. The lowest BCUT2D eigenvalue weighted by atomic mass is 10.1. The third kappa shape index (κ3) is 2.65. The van der Waals surface area contributed by atoms with Crippen LogP contribution in [0.4, 0.5) is 4.39 Å². The minimum absolute atomic E-state index is 0.316. The molecule has 0 N–H and O–H groups in total. The van der Waals surface area contributed by atoms with Crippen molar-refractivity contribution in [3.63, 3.8) is 0 Å². The Kier molecular flexibility index (Phi) is 3.77. The van der Waals surface area contributed by atoms with Gasteiger partial charge in [-0.15, -0.1) is 0 Å². The van der Waals surface area contributed by atoms with Gasteiger partial charge in [-0.2, -0.15) is 0 Å². The molecule has 0 aliphatic rings. The molecule has 0 saturated carbocycles. The predicted molar refractivity (Wildman–Crippen MR) is 83.5 cm³/mol. The van der Waals surface area contributed by atoms with E-state index < -0.39 is 5.97 Å². The summed E-state index contributed by atoms with van der Waals surface area (Å²) >= 11 is 6.28. The van der Waals surface area contributed by atoms with E-state index in [1.54, 1.807) is 36.4 Å². The third-order valence-corrected chi connectivity index (χ3v) is 3.63. The van der Waals surface area contributed by atoms with Crippen LogP contribution < -0.4 is 0 Å². The van der Waals surface area contributed by atoms with Gasteiger partial charge < -0.3 is 4.74 Å². The number of hydrogen-bond donors (Lipinski definition) is 0. The summed E-state index contributed by atoms with van der Waals surface area (Å²) in [4.78, 5) is 16.1. The number of halogens is 2. The molecule has 3 nitrogen and oxygen atoms in total. The van der Waals surface area contributed by atoms with Crippen LogP contribution in [0.15, 0.2) is 48.5 Å². The maximum atomic E-state index is 13.0. The summed E-state index contributed by atoms with van der Waals surface area (Å²) in [6.07, 6.45) is 0. The lowest BCUT2D eigenvalue weighted by Crippen LogP contribution is -2.01. The first kappa shape index (κ1) is 14.5. The summed E-state index contributed by atoms with van der Waals surface area (Å²) in [7, 11) is 1.32. The Bertz CT molecular complexity index is 862. The topological polar surface area (TPSA) is 39.2 Å². The molecule has 0 radical (unpaired) electrons. The van der Waals surface area contributed by atoms with Gasteiger partial charge in [0.2, 0.25) is 0 Å². The summed E-state index contributed by atoms with van der Waals surface area (Å²) in [5.74, 6) is -0.754. The van der Waals surface area contributed by atoms with E-state index in [1.807, 2.05) is 0 Å². The number of fused-ring (bicyclic) bond motifs is 1. The van der Waals surface area contributed by atoms with Gasteiger partial charge >= 0.3 is 5.97 Å². The Labute approximate surface area is 131 Å². The minimum atomic E-state index is -0.438. The first-order valence-electron chi connectivity index (χ1n) is 6.53. The second-order valence-electron chi connectivity index (χ2n) is 4.72. The number of carbonyl (C=O) groups is 1. The zero-order chi connectivity index (χ0) is 15.7.